The Hall–Kier alpha value is -2.73. The molecule has 2 heterocycles. The molecule has 3 aromatic rings. The first-order chi connectivity index (χ1) is 12.7. The average molecular weight is 364 g/mol. The minimum Gasteiger partial charge on any atom is -0.331 e. The van der Waals surface area contributed by atoms with E-state index in [2.05, 4.69) is 51.8 Å². The first kappa shape index (κ1) is 16.7. The Bertz CT molecular complexity index is 888. The van der Waals surface area contributed by atoms with E-state index in [1.54, 1.807) is 12.4 Å². The van der Waals surface area contributed by atoms with E-state index >= 15 is 0 Å². The van der Waals surface area contributed by atoms with Crippen molar-refractivity contribution in [1.29, 1.82) is 0 Å². The molecule has 1 atom stereocenters. The summed E-state index contributed by atoms with van der Waals surface area (Å²) in [4.78, 5) is 21.1. The number of benzene rings is 1. The quantitative estimate of drug-likeness (QED) is 0.684. The van der Waals surface area contributed by atoms with E-state index in [9.17, 15) is 4.79 Å². The van der Waals surface area contributed by atoms with Gasteiger partial charge >= 0.3 is 6.03 Å². The fourth-order valence-corrected chi connectivity index (χ4v) is 3.64. The summed E-state index contributed by atoms with van der Waals surface area (Å²) >= 11 is 1.41. The van der Waals surface area contributed by atoms with Crippen molar-refractivity contribution >= 4 is 22.5 Å². The summed E-state index contributed by atoms with van der Waals surface area (Å²) in [6.45, 7) is 2.07. The normalized spacial score (nSPS) is 14.7. The van der Waals surface area contributed by atoms with Crippen molar-refractivity contribution < 1.29 is 4.79 Å². The number of aromatic nitrogens is 2. The lowest BCUT2D eigenvalue weighted by Gasteiger charge is -2.19. The molecule has 0 bridgehead atoms. The van der Waals surface area contributed by atoms with Gasteiger partial charge in [-0.2, -0.15) is 0 Å². The molecule has 1 aromatic carbocycles. The number of hydrogen-bond donors (Lipinski definition) is 2. The van der Waals surface area contributed by atoms with Gasteiger partial charge in [-0.1, -0.05) is 29.8 Å². The van der Waals surface area contributed by atoms with E-state index in [0.717, 1.165) is 29.7 Å². The van der Waals surface area contributed by atoms with Gasteiger partial charge in [0.15, 0.2) is 5.13 Å². The highest BCUT2D eigenvalue weighted by molar-refractivity contribution is 7.14. The lowest BCUT2D eigenvalue weighted by atomic mass is 10.0. The van der Waals surface area contributed by atoms with Crippen LogP contribution in [-0.4, -0.2) is 16.0 Å². The molecule has 0 aliphatic heterocycles. The van der Waals surface area contributed by atoms with Crippen molar-refractivity contribution in [1.82, 2.24) is 15.3 Å². The van der Waals surface area contributed by atoms with Gasteiger partial charge in [-0.15, -0.1) is 11.3 Å². The van der Waals surface area contributed by atoms with Crippen LogP contribution < -0.4 is 10.6 Å². The maximum Gasteiger partial charge on any atom is 0.321 e. The van der Waals surface area contributed by atoms with Gasteiger partial charge in [-0.3, -0.25) is 10.3 Å². The molecule has 2 amide bonds. The Labute approximate surface area is 156 Å². The van der Waals surface area contributed by atoms with E-state index in [1.165, 1.54) is 16.9 Å². The van der Waals surface area contributed by atoms with Gasteiger partial charge in [-0.25, -0.2) is 9.78 Å². The second kappa shape index (κ2) is 7.25. The molecule has 26 heavy (non-hydrogen) atoms. The third-order valence-corrected chi connectivity index (χ3v) is 5.26. The topological polar surface area (TPSA) is 66.9 Å². The van der Waals surface area contributed by atoms with Crippen LogP contribution in [0.1, 0.15) is 30.0 Å². The molecule has 4 rings (SSSR count). The molecule has 0 saturated heterocycles. The number of carbonyl (C=O) groups is 1. The smallest absolute Gasteiger partial charge is 0.321 e. The Morgan fingerprint density at radius 1 is 1.23 bits per heavy atom. The molecule has 6 heteroatoms. The van der Waals surface area contributed by atoms with Gasteiger partial charge in [0, 0.05) is 23.3 Å². The zero-order valence-electron chi connectivity index (χ0n) is 14.5. The third-order valence-electron chi connectivity index (χ3n) is 4.50. The van der Waals surface area contributed by atoms with E-state index < -0.39 is 0 Å². The second-order valence-corrected chi connectivity index (χ2v) is 7.46. The van der Waals surface area contributed by atoms with Gasteiger partial charge in [0.25, 0.3) is 0 Å². The molecule has 1 aliphatic carbocycles. The van der Waals surface area contributed by atoms with Crippen LogP contribution >= 0.6 is 11.3 Å². The van der Waals surface area contributed by atoms with Gasteiger partial charge < -0.3 is 5.32 Å². The van der Waals surface area contributed by atoms with Gasteiger partial charge in [0.1, 0.15) is 0 Å². The van der Waals surface area contributed by atoms with Crippen LogP contribution in [0.25, 0.3) is 11.3 Å². The van der Waals surface area contributed by atoms with E-state index in [1.807, 2.05) is 17.5 Å². The number of amides is 2. The van der Waals surface area contributed by atoms with Gasteiger partial charge in [0.05, 0.1) is 11.7 Å². The molecule has 0 spiro atoms. The highest BCUT2D eigenvalue weighted by Crippen LogP contribution is 2.41. The molecule has 5 nitrogen and oxygen atoms in total. The largest absolute Gasteiger partial charge is 0.331 e. The second-order valence-electron chi connectivity index (χ2n) is 6.60. The van der Waals surface area contributed by atoms with Crippen LogP contribution in [0, 0.1) is 12.8 Å². The summed E-state index contributed by atoms with van der Waals surface area (Å²) in [5.74, 6) is 0.519. The van der Waals surface area contributed by atoms with Crippen molar-refractivity contribution in [3.05, 3.63) is 65.3 Å². The molecule has 132 valence electrons. The standard InChI is InChI=1S/C20H20N4OS/c1-13-4-6-14(7-5-13)18(15-8-9-15)23-19(25)24-20-22-17(12-26-20)16-3-2-10-21-11-16/h2-7,10-12,15,18H,8-9H2,1H3,(H2,22,23,24,25). The number of nitrogens with zero attached hydrogens (tertiary/aromatic N) is 2. The fraction of sp³-hybridized carbons (Fsp3) is 0.250. The third kappa shape index (κ3) is 3.91. The summed E-state index contributed by atoms with van der Waals surface area (Å²) in [5, 5.41) is 8.48. The number of aryl methyl sites for hydroxylation is 1. The first-order valence-electron chi connectivity index (χ1n) is 8.69. The van der Waals surface area contributed by atoms with Crippen LogP contribution in [0.5, 0.6) is 0 Å². The summed E-state index contributed by atoms with van der Waals surface area (Å²) in [6, 6.07) is 12.0. The van der Waals surface area contributed by atoms with Crippen LogP contribution in [0.4, 0.5) is 9.93 Å². The van der Waals surface area contributed by atoms with Crippen LogP contribution in [-0.2, 0) is 0 Å². The fourth-order valence-electron chi connectivity index (χ4n) is 2.93. The first-order valence-corrected chi connectivity index (χ1v) is 9.57. The molecular weight excluding hydrogens is 344 g/mol. The SMILES string of the molecule is Cc1ccc(C(NC(=O)Nc2nc(-c3cccnc3)cs2)C2CC2)cc1. The number of urea groups is 1. The molecule has 0 radical (unpaired) electrons. The Morgan fingerprint density at radius 2 is 2.04 bits per heavy atom. The number of nitrogens with one attached hydrogen (secondary N) is 2. The van der Waals surface area contributed by atoms with Crippen LogP contribution in [0.3, 0.4) is 0 Å². The predicted octanol–water partition coefficient (Wildman–Crippen LogP) is 4.79. The minimum atomic E-state index is -0.213. The van der Waals surface area contributed by atoms with E-state index in [4.69, 9.17) is 0 Å². The molecule has 1 unspecified atom stereocenters. The lowest BCUT2D eigenvalue weighted by molar-refractivity contribution is 0.247. The summed E-state index contributed by atoms with van der Waals surface area (Å²) in [5.41, 5.74) is 4.13. The molecule has 2 N–H and O–H groups in total. The highest BCUT2D eigenvalue weighted by Gasteiger charge is 2.33. The number of anilines is 1. The maximum atomic E-state index is 12.5. The Balaban J connectivity index is 1.43. The van der Waals surface area contributed by atoms with Crippen molar-refractivity contribution in [2.45, 2.75) is 25.8 Å². The molecule has 1 saturated carbocycles. The minimum absolute atomic E-state index is 0.0494. The number of carbonyl (C=O) groups excluding carboxylic acids is 1. The van der Waals surface area contributed by atoms with E-state index in [0.29, 0.717) is 11.0 Å². The molecule has 2 aromatic heterocycles. The van der Waals surface area contributed by atoms with Gasteiger partial charge in [0.2, 0.25) is 0 Å². The maximum absolute atomic E-state index is 12.5. The highest BCUT2D eigenvalue weighted by atomic mass is 32.1. The predicted molar refractivity (Wildman–Crippen MR) is 104 cm³/mol. The van der Waals surface area contributed by atoms with Crippen molar-refractivity contribution in [2.75, 3.05) is 5.32 Å². The summed E-state index contributed by atoms with van der Waals surface area (Å²) < 4.78 is 0. The molecule has 1 fully saturated rings. The molecular formula is C20H20N4OS. The van der Waals surface area contributed by atoms with Crippen LogP contribution in [0.15, 0.2) is 54.2 Å². The molecule has 1 aliphatic rings. The zero-order valence-corrected chi connectivity index (χ0v) is 15.3. The van der Waals surface area contributed by atoms with Crippen LogP contribution in [0.2, 0.25) is 0 Å². The van der Waals surface area contributed by atoms with Crippen molar-refractivity contribution in [2.24, 2.45) is 5.92 Å². The number of hydrogen-bond acceptors (Lipinski definition) is 4. The Kier molecular flexibility index (Phi) is 4.67. The summed E-state index contributed by atoms with van der Waals surface area (Å²) in [6.07, 6.45) is 5.80. The summed E-state index contributed by atoms with van der Waals surface area (Å²) in [7, 11) is 0. The average Bonchev–Trinajstić information content (AvgIpc) is 3.40. The van der Waals surface area contributed by atoms with Gasteiger partial charge in [-0.05, 0) is 43.4 Å². The number of pyridine rings is 1. The number of thiazole rings is 1. The van der Waals surface area contributed by atoms with Crippen molar-refractivity contribution in [3.8, 4) is 11.3 Å². The number of rotatable bonds is 5. The zero-order chi connectivity index (χ0) is 17.9. The Morgan fingerprint density at radius 3 is 2.73 bits per heavy atom. The van der Waals surface area contributed by atoms with Crippen molar-refractivity contribution in [3.63, 3.8) is 0 Å². The lowest BCUT2D eigenvalue weighted by Crippen LogP contribution is -2.33. The monoisotopic (exact) mass is 364 g/mol. The van der Waals surface area contributed by atoms with E-state index in [-0.39, 0.29) is 12.1 Å².